The molecule has 0 spiro atoms. The summed E-state index contributed by atoms with van der Waals surface area (Å²) in [7, 11) is 0. The Kier molecular flexibility index (Phi) is 7.67. The van der Waals surface area contributed by atoms with Gasteiger partial charge < -0.3 is 10.6 Å². The summed E-state index contributed by atoms with van der Waals surface area (Å²) in [5.41, 5.74) is 4.86. The smallest absolute Gasteiger partial charge is 0.251 e. The van der Waals surface area contributed by atoms with Crippen molar-refractivity contribution in [2.45, 2.75) is 64.0 Å². The van der Waals surface area contributed by atoms with Gasteiger partial charge in [-0.25, -0.2) is 0 Å². The van der Waals surface area contributed by atoms with Crippen LogP contribution in [0.1, 0.15) is 67.7 Å². The van der Waals surface area contributed by atoms with Crippen LogP contribution < -0.4 is 10.6 Å². The molecule has 2 aliphatic rings. The molecule has 0 radical (unpaired) electrons. The zero-order chi connectivity index (χ0) is 24.8. The number of fused-ring (bicyclic) bond motifs is 1. The molecule has 1 aliphatic carbocycles. The second kappa shape index (κ2) is 10.9. The van der Waals surface area contributed by atoms with Crippen LogP contribution in [0.4, 0.5) is 5.69 Å². The fourth-order valence-electron chi connectivity index (χ4n) is 5.35. The van der Waals surface area contributed by atoms with Gasteiger partial charge in [-0.05, 0) is 66.6 Å². The lowest BCUT2D eigenvalue weighted by atomic mass is 9.78. The van der Waals surface area contributed by atoms with Crippen LogP contribution >= 0.6 is 0 Å². The van der Waals surface area contributed by atoms with E-state index in [4.69, 9.17) is 5.26 Å². The highest BCUT2D eigenvalue weighted by Crippen LogP contribution is 2.33. The van der Waals surface area contributed by atoms with Gasteiger partial charge in [0.15, 0.2) is 0 Å². The number of amides is 2. The molecule has 2 amide bonds. The Labute approximate surface area is 208 Å². The molecule has 1 heterocycles. The number of hydrogen-bond donors (Lipinski definition) is 2. The molecule has 0 aromatic heterocycles. The number of nitriles is 1. The summed E-state index contributed by atoms with van der Waals surface area (Å²) in [6, 6.07) is 15.5. The topological polar surface area (TPSA) is 85.2 Å². The lowest BCUT2D eigenvalue weighted by Gasteiger charge is -2.40. The van der Waals surface area contributed by atoms with Gasteiger partial charge >= 0.3 is 0 Å². The quantitative estimate of drug-likeness (QED) is 0.570. The highest BCUT2D eigenvalue weighted by atomic mass is 16.2. The van der Waals surface area contributed by atoms with Gasteiger partial charge in [-0.15, -0.1) is 0 Å². The molecule has 0 atom stereocenters. The van der Waals surface area contributed by atoms with E-state index in [0.717, 1.165) is 63.7 Å². The molecule has 182 valence electrons. The van der Waals surface area contributed by atoms with Crippen molar-refractivity contribution < 1.29 is 9.59 Å². The molecule has 1 aliphatic heterocycles. The first-order chi connectivity index (χ1) is 16.9. The predicted molar refractivity (Wildman–Crippen MR) is 138 cm³/mol. The van der Waals surface area contributed by atoms with Crippen molar-refractivity contribution >= 4 is 23.1 Å². The van der Waals surface area contributed by atoms with Crippen LogP contribution in [0.2, 0.25) is 0 Å². The predicted octanol–water partition coefficient (Wildman–Crippen LogP) is 4.80. The zero-order valence-corrected chi connectivity index (χ0v) is 20.5. The van der Waals surface area contributed by atoms with E-state index in [1.807, 2.05) is 24.3 Å². The highest BCUT2D eigenvalue weighted by Gasteiger charge is 2.34. The molecule has 0 saturated heterocycles. The maximum Gasteiger partial charge on any atom is 0.251 e. The standard InChI is InChI=1S/C29H34N4O2/c1-21(24-7-6-8-27(18-24)31-22(2)34)28(35)32-29(12-4-3-5-13-29)14-16-33-15-11-25-17-23(19-30)9-10-26(25)20-33/h6-10,17-18H,1,3-5,11-16,20H2,2H3,(H,31,34)(H,32,35). The lowest BCUT2D eigenvalue weighted by Crippen LogP contribution is -2.51. The van der Waals surface area contributed by atoms with Gasteiger partial charge in [0.25, 0.3) is 5.91 Å². The van der Waals surface area contributed by atoms with Crippen molar-refractivity contribution in [2.24, 2.45) is 0 Å². The molecule has 1 saturated carbocycles. The number of nitrogens with one attached hydrogen (secondary N) is 2. The van der Waals surface area contributed by atoms with Gasteiger partial charge in [0.2, 0.25) is 5.91 Å². The summed E-state index contributed by atoms with van der Waals surface area (Å²) in [6.45, 7) is 8.31. The first-order valence-corrected chi connectivity index (χ1v) is 12.5. The van der Waals surface area contributed by atoms with Crippen molar-refractivity contribution in [1.82, 2.24) is 10.2 Å². The van der Waals surface area contributed by atoms with Crippen molar-refractivity contribution in [3.63, 3.8) is 0 Å². The first kappa shape index (κ1) is 24.7. The summed E-state index contributed by atoms with van der Waals surface area (Å²) in [4.78, 5) is 27.2. The fourth-order valence-corrected chi connectivity index (χ4v) is 5.35. The van der Waals surface area contributed by atoms with E-state index in [-0.39, 0.29) is 17.4 Å². The van der Waals surface area contributed by atoms with Crippen LogP contribution in [0, 0.1) is 11.3 Å². The number of anilines is 1. The Balaban J connectivity index is 1.41. The second-order valence-corrected chi connectivity index (χ2v) is 9.91. The molecule has 2 N–H and O–H groups in total. The largest absolute Gasteiger partial charge is 0.347 e. The molecule has 0 bridgehead atoms. The fraction of sp³-hybridized carbons (Fsp3) is 0.414. The van der Waals surface area contributed by atoms with E-state index < -0.39 is 0 Å². The molecule has 4 rings (SSSR count). The van der Waals surface area contributed by atoms with Gasteiger partial charge in [-0.3, -0.25) is 14.5 Å². The Hall–Kier alpha value is -3.43. The van der Waals surface area contributed by atoms with Gasteiger partial charge in [0.1, 0.15) is 0 Å². The minimum Gasteiger partial charge on any atom is -0.347 e. The number of rotatable bonds is 7. The lowest BCUT2D eigenvalue weighted by molar-refractivity contribution is -0.118. The third-order valence-corrected chi connectivity index (χ3v) is 7.33. The summed E-state index contributed by atoms with van der Waals surface area (Å²) >= 11 is 0. The maximum atomic E-state index is 13.3. The Morgan fingerprint density at radius 2 is 1.91 bits per heavy atom. The monoisotopic (exact) mass is 470 g/mol. The number of carbonyl (C=O) groups excluding carboxylic acids is 2. The molecule has 6 heteroatoms. The normalized spacial score (nSPS) is 17.0. The molecule has 2 aromatic carbocycles. The molecule has 2 aromatic rings. The van der Waals surface area contributed by atoms with Gasteiger partial charge in [0.05, 0.1) is 11.6 Å². The number of benzene rings is 2. The first-order valence-electron chi connectivity index (χ1n) is 12.5. The molecular weight excluding hydrogens is 436 g/mol. The zero-order valence-electron chi connectivity index (χ0n) is 20.5. The molecular formula is C29H34N4O2. The number of hydrogen-bond acceptors (Lipinski definition) is 4. The summed E-state index contributed by atoms with van der Waals surface area (Å²) < 4.78 is 0. The second-order valence-electron chi connectivity index (χ2n) is 9.91. The Bertz CT molecular complexity index is 1160. The average Bonchev–Trinajstić information content (AvgIpc) is 2.87. The SMILES string of the molecule is C=C(C(=O)NC1(CCN2CCc3cc(C#N)ccc3C2)CCCCC1)c1cccc(NC(C)=O)c1. The minimum absolute atomic E-state index is 0.139. The Morgan fingerprint density at radius 3 is 2.66 bits per heavy atom. The third kappa shape index (κ3) is 6.17. The van der Waals surface area contributed by atoms with Crippen LogP contribution in [-0.4, -0.2) is 35.3 Å². The number of carbonyl (C=O) groups is 2. The van der Waals surface area contributed by atoms with Crippen LogP contribution in [0.3, 0.4) is 0 Å². The highest BCUT2D eigenvalue weighted by molar-refractivity contribution is 6.19. The van der Waals surface area contributed by atoms with Crippen molar-refractivity contribution in [2.75, 3.05) is 18.4 Å². The van der Waals surface area contributed by atoms with Crippen LogP contribution in [0.5, 0.6) is 0 Å². The van der Waals surface area contributed by atoms with Gasteiger partial charge in [-0.2, -0.15) is 5.26 Å². The van der Waals surface area contributed by atoms with Crippen molar-refractivity contribution in [3.8, 4) is 6.07 Å². The van der Waals surface area contributed by atoms with Crippen molar-refractivity contribution in [1.29, 1.82) is 5.26 Å². The van der Waals surface area contributed by atoms with E-state index in [1.54, 1.807) is 12.1 Å². The maximum absolute atomic E-state index is 13.3. The summed E-state index contributed by atoms with van der Waals surface area (Å²) in [6.07, 6.45) is 7.25. The van der Waals surface area contributed by atoms with E-state index >= 15 is 0 Å². The van der Waals surface area contributed by atoms with Gasteiger partial charge in [0, 0.05) is 43.4 Å². The van der Waals surface area contributed by atoms with Crippen LogP contribution in [-0.2, 0) is 22.6 Å². The van der Waals surface area contributed by atoms with E-state index in [9.17, 15) is 9.59 Å². The molecule has 6 nitrogen and oxygen atoms in total. The number of nitrogens with zero attached hydrogens (tertiary/aromatic N) is 2. The molecule has 0 unspecified atom stereocenters. The average molecular weight is 471 g/mol. The van der Waals surface area contributed by atoms with E-state index in [0.29, 0.717) is 16.8 Å². The molecule has 1 fully saturated rings. The van der Waals surface area contributed by atoms with Crippen LogP contribution in [0.15, 0.2) is 49.0 Å². The van der Waals surface area contributed by atoms with Gasteiger partial charge in [-0.1, -0.05) is 44.0 Å². The van der Waals surface area contributed by atoms with E-state index in [1.165, 1.54) is 24.5 Å². The van der Waals surface area contributed by atoms with E-state index in [2.05, 4.69) is 34.2 Å². The molecule has 35 heavy (non-hydrogen) atoms. The third-order valence-electron chi connectivity index (χ3n) is 7.33. The summed E-state index contributed by atoms with van der Waals surface area (Å²) in [5, 5.41) is 15.3. The Morgan fingerprint density at radius 1 is 1.11 bits per heavy atom. The van der Waals surface area contributed by atoms with Crippen LogP contribution in [0.25, 0.3) is 5.57 Å². The summed E-state index contributed by atoms with van der Waals surface area (Å²) in [5.74, 6) is -0.288. The minimum atomic E-state index is -0.224. The van der Waals surface area contributed by atoms with Crippen molar-refractivity contribution in [3.05, 3.63) is 71.3 Å².